The average molecular weight is 461 g/mol. The summed E-state index contributed by atoms with van der Waals surface area (Å²) in [7, 11) is 0.532. The lowest BCUT2D eigenvalue weighted by Crippen LogP contribution is -2.23. The van der Waals surface area contributed by atoms with Crippen molar-refractivity contribution < 1.29 is 13.2 Å². The molecule has 0 amide bonds. The van der Waals surface area contributed by atoms with Crippen molar-refractivity contribution in [1.82, 2.24) is 0 Å². The fourth-order valence-corrected chi connectivity index (χ4v) is 6.00. The molecule has 0 aliphatic heterocycles. The zero-order valence-electron chi connectivity index (χ0n) is 20.6. The average Bonchev–Trinajstić information content (AvgIpc) is 2.76. The van der Waals surface area contributed by atoms with Gasteiger partial charge in [-0.15, -0.1) is 0 Å². The molecule has 5 nitrogen and oxygen atoms in total. The molecule has 178 valence electrons. The van der Waals surface area contributed by atoms with Crippen molar-refractivity contribution >= 4 is 21.2 Å². The largest absolute Gasteiger partial charge is 0.493 e. The first-order valence-electron chi connectivity index (χ1n) is 11.8. The summed E-state index contributed by atoms with van der Waals surface area (Å²) < 4.78 is 33.3. The van der Waals surface area contributed by atoms with E-state index in [4.69, 9.17) is 4.74 Å². The van der Waals surface area contributed by atoms with Crippen LogP contribution >= 0.6 is 0 Å². The molecule has 2 aromatic rings. The van der Waals surface area contributed by atoms with Crippen LogP contribution in [-0.4, -0.2) is 48.0 Å². The number of hydrogen-bond acceptors (Lipinski definition) is 5. The van der Waals surface area contributed by atoms with Crippen molar-refractivity contribution in [3.05, 3.63) is 53.6 Å². The lowest BCUT2D eigenvalue weighted by atomic mass is 10.0. The quantitative estimate of drug-likeness (QED) is 0.359. The summed E-state index contributed by atoms with van der Waals surface area (Å²) >= 11 is 0. The molecule has 0 aliphatic rings. The molecule has 0 N–H and O–H groups in total. The third-order valence-corrected chi connectivity index (χ3v) is 7.91. The van der Waals surface area contributed by atoms with E-state index in [-0.39, 0.29) is 5.75 Å². The molecule has 0 aliphatic carbocycles. The van der Waals surface area contributed by atoms with Crippen LogP contribution < -0.4 is 14.5 Å². The standard InChI is InChI=1S/C26H40N2O3S/c1-7-11-12-19-32(29,30)26(21-13-15-22(16-14-21)27(5)6)24-18-17-23(28(8-2)9-3)20-25(24)31-10-4/h13-18,20,26H,7-12,19H2,1-6H3. The van der Waals surface area contributed by atoms with Gasteiger partial charge in [0.15, 0.2) is 9.84 Å². The second-order valence-electron chi connectivity index (χ2n) is 8.27. The fourth-order valence-electron chi connectivity index (χ4n) is 4.00. The number of hydrogen-bond donors (Lipinski definition) is 0. The number of sulfone groups is 1. The molecule has 1 unspecified atom stereocenters. The topological polar surface area (TPSA) is 49.9 Å². The minimum atomic E-state index is -3.43. The van der Waals surface area contributed by atoms with Gasteiger partial charge in [0.2, 0.25) is 0 Å². The van der Waals surface area contributed by atoms with E-state index in [2.05, 4.69) is 25.7 Å². The maximum Gasteiger partial charge on any atom is 0.161 e. The smallest absolute Gasteiger partial charge is 0.161 e. The highest BCUT2D eigenvalue weighted by atomic mass is 32.2. The third-order valence-electron chi connectivity index (χ3n) is 5.81. The van der Waals surface area contributed by atoms with Crippen LogP contribution in [0.1, 0.15) is 63.3 Å². The van der Waals surface area contributed by atoms with Gasteiger partial charge in [-0.25, -0.2) is 8.42 Å². The second-order valence-corrected chi connectivity index (χ2v) is 10.5. The van der Waals surface area contributed by atoms with E-state index in [1.54, 1.807) is 0 Å². The predicted molar refractivity (Wildman–Crippen MR) is 137 cm³/mol. The Labute approximate surface area is 195 Å². The van der Waals surface area contributed by atoms with Gasteiger partial charge in [-0.05, 0) is 51.0 Å². The Morgan fingerprint density at radius 2 is 1.50 bits per heavy atom. The van der Waals surface area contributed by atoms with Crippen molar-refractivity contribution in [3.63, 3.8) is 0 Å². The maximum atomic E-state index is 13.6. The summed E-state index contributed by atoms with van der Waals surface area (Å²) in [6.07, 6.45) is 2.57. The number of ether oxygens (including phenoxy) is 1. The minimum Gasteiger partial charge on any atom is -0.493 e. The number of rotatable bonds is 13. The lowest BCUT2D eigenvalue weighted by Gasteiger charge is -2.26. The minimum absolute atomic E-state index is 0.171. The molecule has 1 atom stereocenters. The molecule has 6 heteroatoms. The molecule has 0 aromatic heterocycles. The highest BCUT2D eigenvalue weighted by Gasteiger charge is 2.31. The van der Waals surface area contributed by atoms with Crippen LogP contribution in [0.4, 0.5) is 11.4 Å². The number of benzene rings is 2. The maximum absolute atomic E-state index is 13.6. The van der Waals surface area contributed by atoms with E-state index in [0.717, 1.165) is 48.4 Å². The van der Waals surface area contributed by atoms with Gasteiger partial charge in [-0.1, -0.05) is 38.0 Å². The summed E-state index contributed by atoms with van der Waals surface area (Å²) in [6, 6.07) is 13.8. The first kappa shape index (κ1) is 26.0. The van der Waals surface area contributed by atoms with Gasteiger partial charge < -0.3 is 14.5 Å². The molecule has 0 spiro atoms. The highest BCUT2D eigenvalue weighted by Crippen LogP contribution is 2.39. The SMILES string of the molecule is CCCCCS(=O)(=O)C(c1ccc(N(C)C)cc1)c1ccc(N(CC)CC)cc1OCC. The Morgan fingerprint density at radius 1 is 0.875 bits per heavy atom. The zero-order valence-corrected chi connectivity index (χ0v) is 21.4. The summed E-state index contributed by atoms with van der Waals surface area (Å²) in [4.78, 5) is 4.25. The molecule has 32 heavy (non-hydrogen) atoms. The Hall–Kier alpha value is -2.21. The van der Waals surface area contributed by atoms with Gasteiger partial charge in [-0.2, -0.15) is 0 Å². The second kappa shape index (κ2) is 12.1. The van der Waals surface area contributed by atoms with Crippen LogP contribution in [0.25, 0.3) is 0 Å². The molecular formula is C26H40N2O3S. The van der Waals surface area contributed by atoms with Gasteiger partial charge in [-0.3, -0.25) is 0 Å². The Balaban J connectivity index is 2.62. The fraction of sp³-hybridized carbons (Fsp3) is 0.538. The lowest BCUT2D eigenvalue weighted by molar-refractivity contribution is 0.336. The number of anilines is 2. The molecule has 0 saturated heterocycles. The van der Waals surface area contributed by atoms with E-state index in [1.165, 1.54) is 0 Å². The molecule has 2 rings (SSSR count). The van der Waals surface area contributed by atoms with E-state index in [0.29, 0.717) is 18.8 Å². The monoisotopic (exact) mass is 460 g/mol. The summed E-state index contributed by atoms with van der Waals surface area (Å²) in [5.74, 6) is 0.822. The Morgan fingerprint density at radius 3 is 2.03 bits per heavy atom. The van der Waals surface area contributed by atoms with Crippen LogP contribution in [0.3, 0.4) is 0 Å². The molecule has 0 bridgehead atoms. The van der Waals surface area contributed by atoms with Crippen LogP contribution in [0.15, 0.2) is 42.5 Å². The van der Waals surface area contributed by atoms with Crippen LogP contribution in [0.5, 0.6) is 5.75 Å². The molecule has 0 fully saturated rings. The van der Waals surface area contributed by atoms with Gasteiger partial charge in [0.1, 0.15) is 11.0 Å². The third kappa shape index (κ3) is 6.41. The molecule has 2 aromatic carbocycles. The summed E-state index contributed by atoms with van der Waals surface area (Å²) in [5.41, 5.74) is 3.59. The molecule has 0 radical (unpaired) electrons. The van der Waals surface area contributed by atoms with Crippen LogP contribution in [0, 0.1) is 0 Å². The summed E-state index contributed by atoms with van der Waals surface area (Å²) in [5, 5.41) is -0.747. The van der Waals surface area contributed by atoms with Gasteiger partial charge in [0, 0.05) is 50.2 Å². The summed E-state index contributed by atoms with van der Waals surface area (Å²) in [6.45, 7) is 10.5. The van der Waals surface area contributed by atoms with Gasteiger partial charge >= 0.3 is 0 Å². The molecule has 0 saturated carbocycles. The Kier molecular flexibility index (Phi) is 9.88. The first-order chi connectivity index (χ1) is 15.3. The van der Waals surface area contributed by atoms with Crippen molar-refractivity contribution in [2.24, 2.45) is 0 Å². The number of nitrogens with zero attached hydrogens (tertiary/aromatic N) is 2. The predicted octanol–water partition coefficient (Wildman–Crippen LogP) is 5.69. The van der Waals surface area contributed by atoms with Crippen molar-refractivity contribution in [1.29, 1.82) is 0 Å². The van der Waals surface area contributed by atoms with Crippen LogP contribution in [-0.2, 0) is 9.84 Å². The number of unbranched alkanes of at least 4 members (excludes halogenated alkanes) is 2. The highest BCUT2D eigenvalue weighted by molar-refractivity contribution is 7.91. The van der Waals surface area contributed by atoms with E-state index in [9.17, 15) is 8.42 Å². The van der Waals surface area contributed by atoms with Crippen molar-refractivity contribution in [2.75, 3.05) is 49.3 Å². The van der Waals surface area contributed by atoms with E-state index in [1.807, 2.05) is 68.4 Å². The van der Waals surface area contributed by atoms with Crippen LogP contribution in [0.2, 0.25) is 0 Å². The van der Waals surface area contributed by atoms with Gasteiger partial charge in [0.05, 0.1) is 12.4 Å². The van der Waals surface area contributed by atoms with E-state index >= 15 is 0 Å². The molecular weight excluding hydrogens is 420 g/mol. The van der Waals surface area contributed by atoms with E-state index < -0.39 is 15.1 Å². The van der Waals surface area contributed by atoms with Crippen molar-refractivity contribution in [3.8, 4) is 5.75 Å². The first-order valence-corrected chi connectivity index (χ1v) is 13.5. The Bertz CT molecular complexity index is 936. The molecule has 0 heterocycles. The normalized spacial score (nSPS) is 12.4. The van der Waals surface area contributed by atoms with Crippen molar-refractivity contribution in [2.45, 2.75) is 52.2 Å². The van der Waals surface area contributed by atoms with Gasteiger partial charge in [0.25, 0.3) is 0 Å². The zero-order chi connectivity index (χ0) is 23.7.